The molecule has 2 heterocycles. The molecule has 0 saturated heterocycles. The van der Waals surface area contributed by atoms with Crippen molar-refractivity contribution in [2.45, 2.75) is 39.8 Å². The first-order chi connectivity index (χ1) is 17.9. The van der Waals surface area contributed by atoms with Crippen LogP contribution in [0.25, 0.3) is 22.2 Å². The Kier molecular flexibility index (Phi) is 7.06. The highest BCUT2D eigenvalue weighted by atomic mass is 19.1. The van der Waals surface area contributed by atoms with Crippen LogP contribution in [0, 0.1) is 5.82 Å². The number of benzene rings is 3. The minimum absolute atomic E-state index is 0.122. The number of allylic oxidation sites excluding steroid dienone is 1. The van der Waals surface area contributed by atoms with Crippen LogP contribution < -0.4 is 10.5 Å². The molecule has 0 saturated carbocycles. The van der Waals surface area contributed by atoms with Crippen LogP contribution in [0.1, 0.15) is 31.9 Å². The number of nitrogens with zero attached hydrogens (tertiary/aromatic N) is 3. The van der Waals surface area contributed by atoms with Gasteiger partial charge in [-0.1, -0.05) is 24.3 Å². The van der Waals surface area contributed by atoms with Crippen molar-refractivity contribution in [3.63, 3.8) is 0 Å². The number of H-pyrrole nitrogens is 1. The maximum Gasteiger partial charge on any atom is 0.198 e. The van der Waals surface area contributed by atoms with Crippen LogP contribution in [0.2, 0.25) is 0 Å². The van der Waals surface area contributed by atoms with E-state index in [2.05, 4.69) is 57.1 Å². The van der Waals surface area contributed by atoms with Gasteiger partial charge in [0.1, 0.15) is 18.2 Å². The summed E-state index contributed by atoms with van der Waals surface area (Å²) in [6.45, 7) is 8.35. The van der Waals surface area contributed by atoms with Crippen LogP contribution in [0.4, 0.5) is 10.3 Å². The standard InChI is InChI=1S/C30H32FN5O/c1-4-33-19(2)26(15-21-5-9-25(31)10-6-21)20(3)36-13-14-37-29-12-8-22(16-24(29)18-36)23-7-11-27-28(17-23)35-30(32)34-27/h4-12,16-17,20H,13-15,18H2,1-3H3,(H3,32,34,35)/b26-19-,33-4?. The van der Waals surface area contributed by atoms with Crippen molar-refractivity contribution in [1.82, 2.24) is 14.9 Å². The molecule has 0 radical (unpaired) electrons. The van der Waals surface area contributed by atoms with Gasteiger partial charge < -0.3 is 15.5 Å². The van der Waals surface area contributed by atoms with Crippen LogP contribution in [0.5, 0.6) is 5.75 Å². The summed E-state index contributed by atoms with van der Waals surface area (Å²) in [7, 11) is 0. The number of aromatic nitrogens is 2. The van der Waals surface area contributed by atoms with Crippen molar-refractivity contribution in [1.29, 1.82) is 0 Å². The Balaban J connectivity index is 1.44. The maximum atomic E-state index is 13.5. The molecule has 4 aromatic rings. The molecular formula is C30H32FN5O. The van der Waals surface area contributed by atoms with Crippen molar-refractivity contribution < 1.29 is 9.13 Å². The minimum Gasteiger partial charge on any atom is -0.492 e. The number of halogens is 1. The second-order valence-corrected chi connectivity index (χ2v) is 9.47. The average molecular weight is 498 g/mol. The molecule has 7 heteroatoms. The molecule has 1 aliphatic heterocycles. The van der Waals surface area contributed by atoms with E-state index in [9.17, 15) is 4.39 Å². The van der Waals surface area contributed by atoms with Gasteiger partial charge in [-0.2, -0.15) is 0 Å². The summed E-state index contributed by atoms with van der Waals surface area (Å²) in [6, 6.07) is 19.3. The molecule has 3 N–H and O–H groups in total. The van der Waals surface area contributed by atoms with Crippen LogP contribution in [-0.4, -0.2) is 40.3 Å². The number of hydrogen-bond acceptors (Lipinski definition) is 5. The van der Waals surface area contributed by atoms with E-state index in [-0.39, 0.29) is 11.9 Å². The molecule has 3 aromatic carbocycles. The highest BCUT2D eigenvalue weighted by Gasteiger charge is 2.24. The Labute approximate surface area is 216 Å². The van der Waals surface area contributed by atoms with Crippen molar-refractivity contribution in [2.75, 3.05) is 18.9 Å². The predicted octanol–water partition coefficient (Wildman–Crippen LogP) is 6.14. The number of aliphatic imine (C=N–C) groups is 1. The topological polar surface area (TPSA) is 79.5 Å². The summed E-state index contributed by atoms with van der Waals surface area (Å²) >= 11 is 0. The minimum atomic E-state index is -0.224. The number of anilines is 1. The average Bonchev–Trinajstić information content (AvgIpc) is 3.13. The SMILES string of the molecule is CC=N/C(C)=C(/Cc1ccc(F)cc1)C(C)N1CCOc2ccc(-c3ccc4nc(N)[nH]c4c3)cc2C1. The van der Waals surface area contributed by atoms with E-state index in [4.69, 9.17) is 10.5 Å². The zero-order valence-corrected chi connectivity index (χ0v) is 21.5. The largest absolute Gasteiger partial charge is 0.492 e. The summed E-state index contributed by atoms with van der Waals surface area (Å²) in [5.41, 5.74) is 14.2. The fraction of sp³-hybridized carbons (Fsp3) is 0.267. The van der Waals surface area contributed by atoms with Gasteiger partial charge in [0.25, 0.3) is 0 Å². The fourth-order valence-corrected chi connectivity index (χ4v) is 5.03. The van der Waals surface area contributed by atoms with Gasteiger partial charge in [0.15, 0.2) is 5.95 Å². The lowest BCUT2D eigenvalue weighted by atomic mass is 9.96. The zero-order chi connectivity index (χ0) is 25.9. The Morgan fingerprint density at radius 2 is 1.92 bits per heavy atom. The van der Waals surface area contributed by atoms with E-state index >= 15 is 0 Å². The smallest absolute Gasteiger partial charge is 0.198 e. The molecule has 1 unspecified atom stereocenters. The van der Waals surface area contributed by atoms with Gasteiger partial charge in [0, 0.05) is 36.6 Å². The first-order valence-electron chi connectivity index (χ1n) is 12.6. The molecule has 0 aliphatic carbocycles. The lowest BCUT2D eigenvalue weighted by Gasteiger charge is -2.30. The molecule has 1 atom stereocenters. The first-order valence-corrected chi connectivity index (χ1v) is 12.6. The van der Waals surface area contributed by atoms with Crippen molar-refractivity contribution in [2.24, 2.45) is 4.99 Å². The van der Waals surface area contributed by atoms with Crippen LogP contribution in [-0.2, 0) is 13.0 Å². The zero-order valence-electron chi connectivity index (χ0n) is 21.5. The molecule has 1 aromatic heterocycles. The Hall–Kier alpha value is -3.97. The summed E-state index contributed by atoms with van der Waals surface area (Å²) in [5, 5.41) is 0. The van der Waals surface area contributed by atoms with Gasteiger partial charge >= 0.3 is 0 Å². The van der Waals surface area contributed by atoms with Gasteiger partial charge in [-0.05, 0) is 85.9 Å². The highest BCUT2D eigenvalue weighted by molar-refractivity contribution is 5.83. The number of ether oxygens (including phenoxy) is 1. The molecule has 0 fully saturated rings. The summed E-state index contributed by atoms with van der Waals surface area (Å²) in [5.74, 6) is 1.11. The number of rotatable bonds is 6. The third-order valence-electron chi connectivity index (χ3n) is 7.05. The van der Waals surface area contributed by atoms with Crippen molar-refractivity contribution >= 4 is 23.2 Å². The quantitative estimate of drug-likeness (QED) is 0.314. The number of aromatic amines is 1. The highest BCUT2D eigenvalue weighted by Crippen LogP contribution is 2.32. The summed E-state index contributed by atoms with van der Waals surface area (Å²) in [4.78, 5) is 14.5. The van der Waals surface area contributed by atoms with Gasteiger partial charge in [-0.3, -0.25) is 9.89 Å². The third kappa shape index (κ3) is 5.42. The third-order valence-corrected chi connectivity index (χ3v) is 7.05. The van der Waals surface area contributed by atoms with Crippen molar-refractivity contribution in [3.05, 3.63) is 88.9 Å². The van der Waals surface area contributed by atoms with Crippen LogP contribution in [0.3, 0.4) is 0 Å². The monoisotopic (exact) mass is 497 g/mol. The molecule has 0 amide bonds. The van der Waals surface area contributed by atoms with Gasteiger partial charge in [0.2, 0.25) is 0 Å². The van der Waals surface area contributed by atoms with E-state index in [1.54, 1.807) is 0 Å². The van der Waals surface area contributed by atoms with Gasteiger partial charge in [0.05, 0.1) is 11.0 Å². The molecule has 0 bridgehead atoms. The normalized spacial score (nSPS) is 15.8. The van der Waals surface area contributed by atoms with E-state index in [1.165, 1.54) is 17.7 Å². The fourth-order valence-electron chi connectivity index (χ4n) is 5.03. The summed E-state index contributed by atoms with van der Waals surface area (Å²) in [6.07, 6.45) is 2.53. The number of imidazole rings is 1. The molecular weight excluding hydrogens is 465 g/mol. The first kappa shape index (κ1) is 24.7. The van der Waals surface area contributed by atoms with E-state index in [0.29, 0.717) is 19.0 Å². The number of nitrogen functional groups attached to an aromatic ring is 1. The van der Waals surface area contributed by atoms with Crippen LogP contribution in [0.15, 0.2) is 76.9 Å². The molecule has 190 valence electrons. The number of nitrogens with two attached hydrogens (primary N) is 1. The number of hydrogen-bond donors (Lipinski definition) is 2. The second kappa shape index (κ2) is 10.6. The van der Waals surface area contributed by atoms with E-state index in [0.717, 1.165) is 57.8 Å². The second-order valence-electron chi connectivity index (χ2n) is 9.47. The lowest BCUT2D eigenvalue weighted by molar-refractivity contribution is 0.195. The lowest BCUT2D eigenvalue weighted by Crippen LogP contribution is -2.36. The predicted molar refractivity (Wildman–Crippen MR) is 148 cm³/mol. The summed E-state index contributed by atoms with van der Waals surface area (Å²) < 4.78 is 19.7. The molecule has 37 heavy (non-hydrogen) atoms. The molecule has 6 nitrogen and oxygen atoms in total. The Morgan fingerprint density at radius 1 is 1.16 bits per heavy atom. The van der Waals surface area contributed by atoms with E-state index in [1.807, 2.05) is 38.3 Å². The van der Waals surface area contributed by atoms with E-state index < -0.39 is 0 Å². The number of fused-ring (bicyclic) bond motifs is 2. The Bertz CT molecular complexity index is 1470. The van der Waals surface area contributed by atoms with Gasteiger partial charge in [-0.15, -0.1) is 0 Å². The maximum absolute atomic E-state index is 13.5. The molecule has 0 spiro atoms. The Morgan fingerprint density at radius 3 is 2.70 bits per heavy atom. The van der Waals surface area contributed by atoms with Crippen molar-refractivity contribution in [3.8, 4) is 16.9 Å². The van der Waals surface area contributed by atoms with Crippen LogP contribution >= 0.6 is 0 Å². The van der Waals surface area contributed by atoms with Gasteiger partial charge in [-0.25, -0.2) is 9.37 Å². The number of nitrogens with one attached hydrogen (secondary N) is 1. The molecule has 1 aliphatic rings. The molecule has 5 rings (SSSR count).